The number of carbonyl (C=O) groups is 1. The fourth-order valence-electron chi connectivity index (χ4n) is 1.62. The van der Waals surface area contributed by atoms with Crippen LogP contribution in [0.1, 0.15) is 10.4 Å². The van der Waals surface area contributed by atoms with Crippen molar-refractivity contribution >= 4 is 17.3 Å². The number of rotatable bonds is 3. The molecule has 2 N–H and O–H groups in total. The van der Waals surface area contributed by atoms with E-state index in [0.717, 1.165) is 23.9 Å². The van der Waals surface area contributed by atoms with Gasteiger partial charge < -0.3 is 10.6 Å². The summed E-state index contributed by atoms with van der Waals surface area (Å²) in [4.78, 5) is 11.9. The molecule has 2 aromatic rings. The fourth-order valence-corrected chi connectivity index (χ4v) is 1.62. The molecule has 0 saturated heterocycles. The third kappa shape index (κ3) is 3.28. The maximum absolute atomic E-state index is 13.0. The largest absolute Gasteiger partial charge is 0.388 e. The highest BCUT2D eigenvalue weighted by atomic mass is 19.1. The van der Waals surface area contributed by atoms with Crippen LogP contribution in [0.2, 0.25) is 0 Å². The first-order valence-corrected chi connectivity index (χ1v) is 5.64. The van der Waals surface area contributed by atoms with Crippen LogP contribution in [0.15, 0.2) is 42.5 Å². The van der Waals surface area contributed by atoms with Gasteiger partial charge in [0.2, 0.25) is 0 Å². The zero-order valence-electron chi connectivity index (χ0n) is 10.2. The molecule has 0 aliphatic rings. The van der Waals surface area contributed by atoms with Crippen LogP contribution in [0.3, 0.4) is 0 Å². The number of halogens is 2. The summed E-state index contributed by atoms with van der Waals surface area (Å²) >= 11 is 0. The van der Waals surface area contributed by atoms with Gasteiger partial charge in [-0.3, -0.25) is 4.79 Å². The van der Waals surface area contributed by atoms with Crippen molar-refractivity contribution in [2.24, 2.45) is 0 Å². The van der Waals surface area contributed by atoms with Gasteiger partial charge in [-0.15, -0.1) is 0 Å². The predicted octanol–water partition coefficient (Wildman–Crippen LogP) is 3.26. The molecule has 1 amide bonds. The van der Waals surface area contributed by atoms with Gasteiger partial charge in [0, 0.05) is 30.1 Å². The Balaban J connectivity index is 2.15. The highest BCUT2D eigenvalue weighted by molar-refractivity contribution is 6.04. The summed E-state index contributed by atoms with van der Waals surface area (Å²) in [7, 11) is 1.77. The molecule has 0 unspecified atom stereocenters. The Labute approximate surface area is 109 Å². The number of nitrogens with one attached hydrogen (secondary N) is 2. The molecule has 0 aliphatic heterocycles. The van der Waals surface area contributed by atoms with Crippen molar-refractivity contribution in [1.82, 2.24) is 0 Å². The third-order valence-corrected chi connectivity index (χ3v) is 2.56. The SMILES string of the molecule is CNc1ccc(C(=O)Nc2cc(F)cc(F)c2)cc1. The van der Waals surface area contributed by atoms with E-state index < -0.39 is 17.5 Å². The number of amides is 1. The van der Waals surface area contributed by atoms with Crippen molar-refractivity contribution in [3.63, 3.8) is 0 Å². The minimum Gasteiger partial charge on any atom is -0.388 e. The smallest absolute Gasteiger partial charge is 0.255 e. The third-order valence-electron chi connectivity index (χ3n) is 2.56. The van der Waals surface area contributed by atoms with E-state index in [1.807, 2.05) is 0 Å². The van der Waals surface area contributed by atoms with Crippen molar-refractivity contribution in [1.29, 1.82) is 0 Å². The van der Waals surface area contributed by atoms with Crippen LogP contribution in [0.5, 0.6) is 0 Å². The van der Waals surface area contributed by atoms with Gasteiger partial charge >= 0.3 is 0 Å². The van der Waals surface area contributed by atoms with Crippen LogP contribution in [0.25, 0.3) is 0 Å². The Hall–Kier alpha value is -2.43. The molecule has 0 bridgehead atoms. The fraction of sp³-hybridized carbons (Fsp3) is 0.0714. The molecule has 0 radical (unpaired) electrons. The molecule has 0 fully saturated rings. The summed E-state index contributed by atoms with van der Waals surface area (Å²) < 4.78 is 26.0. The van der Waals surface area contributed by atoms with Crippen LogP contribution >= 0.6 is 0 Å². The van der Waals surface area contributed by atoms with E-state index in [4.69, 9.17) is 0 Å². The maximum Gasteiger partial charge on any atom is 0.255 e. The molecule has 2 rings (SSSR count). The number of carbonyl (C=O) groups excluding carboxylic acids is 1. The van der Waals surface area contributed by atoms with E-state index in [1.165, 1.54) is 0 Å². The highest BCUT2D eigenvalue weighted by Gasteiger charge is 2.07. The molecule has 0 heterocycles. The second kappa shape index (κ2) is 5.48. The lowest BCUT2D eigenvalue weighted by Crippen LogP contribution is -2.12. The second-order valence-electron chi connectivity index (χ2n) is 3.94. The van der Waals surface area contributed by atoms with Crippen LogP contribution in [-0.2, 0) is 0 Å². The molecule has 19 heavy (non-hydrogen) atoms. The topological polar surface area (TPSA) is 41.1 Å². The Bertz CT molecular complexity index is 577. The lowest BCUT2D eigenvalue weighted by molar-refractivity contribution is 0.102. The standard InChI is InChI=1S/C14H12F2N2O/c1-17-12-4-2-9(3-5-12)14(19)18-13-7-10(15)6-11(16)8-13/h2-8,17H,1H3,(H,18,19). The van der Waals surface area contributed by atoms with Gasteiger partial charge in [-0.2, -0.15) is 0 Å². The molecule has 5 heteroatoms. The average molecular weight is 262 g/mol. The van der Waals surface area contributed by atoms with Crippen molar-refractivity contribution in [2.75, 3.05) is 17.7 Å². The monoisotopic (exact) mass is 262 g/mol. The van der Waals surface area contributed by atoms with Crippen LogP contribution in [0, 0.1) is 11.6 Å². The average Bonchev–Trinajstić information content (AvgIpc) is 2.37. The summed E-state index contributed by atoms with van der Waals surface area (Å²) in [5, 5.41) is 5.36. The first kappa shape index (κ1) is 13.0. The summed E-state index contributed by atoms with van der Waals surface area (Å²) in [6.45, 7) is 0. The summed E-state index contributed by atoms with van der Waals surface area (Å²) in [6.07, 6.45) is 0. The van der Waals surface area contributed by atoms with Crippen molar-refractivity contribution in [3.05, 3.63) is 59.7 Å². The Kier molecular flexibility index (Phi) is 3.75. The zero-order valence-corrected chi connectivity index (χ0v) is 10.2. The maximum atomic E-state index is 13.0. The molecule has 0 aromatic heterocycles. The van der Waals surface area contributed by atoms with Crippen LogP contribution in [0.4, 0.5) is 20.2 Å². The predicted molar refractivity (Wildman–Crippen MR) is 70.3 cm³/mol. The first-order chi connectivity index (χ1) is 9.08. The van der Waals surface area contributed by atoms with E-state index in [1.54, 1.807) is 31.3 Å². The number of anilines is 2. The molecule has 0 saturated carbocycles. The first-order valence-electron chi connectivity index (χ1n) is 5.64. The molecule has 3 nitrogen and oxygen atoms in total. The summed E-state index contributed by atoms with van der Waals surface area (Å²) in [6, 6.07) is 9.58. The lowest BCUT2D eigenvalue weighted by Gasteiger charge is -2.06. The summed E-state index contributed by atoms with van der Waals surface area (Å²) in [5.41, 5.74) is 1.36. The zero-order chi connectivity index (χ0) is 13.8. The summed E-state index contributed by atoms with van der Waals surface area (Å²) in [5.74, 6) is -1.89. The van der Waals surface area contributed by atoms with E-state index in [-0.39, 0.29) is 5.69 Å². The van der Waals surface area contributed by atoms with Gasteiger partial charge in [0.1, 0.15) is 11.6 Å². The molecular weight excluding hydrogens is 250 g/mol. The minimum absolute atomic E-state index is 0.0835. The van der Waals surface area contributed by atoms with Gasteiger partial charge in [0.05, 0.1) is 0 Å². The number of hydrogen-bond donors (Lipinski definition) is 2. The Morgan fingerprint density at radius 1 is 0.947 bits per heavy atom. The van der Waals surface area contributed by atoms with Gasteiger partial charge in [0.25, 0.3) is 5.91 Å². The van der Waals surface area contributed by atoms with Gasteiger partial charge in [0.15, 0.2) is 0 Å². The minimum atomic E-state index is -0.735. The molecular formula is C14H12F2N2O. The van der Waals surface area contributed by atoms with Crippen molar-refractivity contribution in [3.8, 4) is 0 Å². The highest BCUT2D eigenvalue weighted by Crippen LogP contribution is 2.15. The van der Waals surface area contributed by atoms with E-state index in [0.29, 0.717) is 5.56 Å². The van der Waals surface area contributed by atoms with Crippen LogP contribution in [-0.4, -0.2) is 13.0 Å². The van der Waals surface area contributed by atoms with Crippen LogP contribution < -0.4 is 10.6 Å². The number of benzene rings is 2. The molecule has 98 valence electrons. The van der Waals surface area contributed by atoms with Gasteiger partial charge in [-0.1, -0.05) is 0 Å². The van der Waals surface area contributed by atoms with E-state index in [9.17, 15) is 13.6 Å². The Morgan fingerprint density at radius 2 is 1.53 bits per heavy atom. The number of hydrogen-bond acceptors (Lipinski definition) is 2. The second-order valence-corrected chi connectivity index (χ2v) is 3.94. The van der Waals surface area contributed by atoms with Gasteiger partial charge in [-0.05, 0) is 36.4 Å². The van der Waals surface area contributed by atoms with E-state index >= 15 is 0 Å². The molecule has 0 atom stereocenters. The molecule has 0 aliphatic carbocycles. The normalized spacial score (nSPS) is 10.1. The lowest BCUT2D eigenvalue weighted by atomic mass is 10.2. The van der Waals surface area contributed by atoms with Crippen molar-refractivity contribution in [2.45, 2.75) is 0 Å². The van der Waals surface area contributed by atoms with Gasteiger partial charge in [-0.25, -0.2) is 8.78 Å². The molecule has 0 spiro atoms. The van der Waals surface area contributed by atoms with E-state index in [2.05, 4.69) is 10.6 Å². The molecule has 2 aromatic carbocycles. The Morgan fingerprint density at radius 3 is 2.05 bits per heavy atom. The quantitative estimate of drug-likeness (QED) is 0.891. The van der Waals surface area contributed by atoms with Crippen molar-refractivity contribution < 1.29 is 13.6 Å².